The summed E-state index contributed by atoms with van der Waals surface area (Å²) < 4.78 is 20.3. The molecule has 2 aromatic rings. The van der Waals surface area contributed by atoms with Crippen LogP contribution < -0.4 is 4.90 Å². The third kappa shape index (κ3) is 3.54. The molecule has 0 bridgehead atoms. The van der Waals surface area contributed by atoms with Crippen LogP contribution in [0, 0.1) is 12.8 Å². The summed E-state index contributed by atoms with van der Waals surface area (Å²) in [6.07, 6.45) is 5.74. The van der Waals surface area contributed by atoms with Gasteiger partial charge in [-0.2, -0.15) is 0 Å². The minimum atomic E-state index is -0.221. The maximum atomic E-state index is 12.6. The summed E-state index contributed by atoms with van der Waals surface area (Å²) in [5.74, 6) is 0.196. The number of halogens is 1. The Morgan fingerprint density at radius 1 is 1.28 bits per heavy atom. The van der Waals surface area contributed by atoms with E-state index in [1.165, 1.54) is 12.0 Å². The number of anilines is 1. The molecule has 6 heteroatoms. The molecule has 0 N–H and O–H groups in total. The van der Waals surface area contributed by atoms with Crippen LogP contribution in [0.3, 0.4) is 0 Å². The number of ether oxygens (including phenoxy) is 1. The zero-order chi connectivity index (χ0) is 17.2. The van der Waals surface area contributed by atoms with Crippen LogP contribution in [0.5, 0.6) is 0 Å². The van der Waals surface area contributed by atoms with E-state index >= 15 is 0 Å². The first-order valence-electron chi connectivity index (χ1n) is 9.16. The second-order valence-corrected chi connectivity index (χ2v) is 7.24. The highest BCUT2D eigenvalue weighted by Gasteiger charge is 2.27. The minimum Gasteiger partial charge on any atom is -0.376 e. The van der Waals surface area contributed by atoms with E-state index in [-0.39, 0.29) is 18.7 Å². The first kappa shape index (κ1) is 16.5. The molecule has 2 fully saturated rings. The first-order valence-corrected chi connectivity index (χ1v) is 9.16. The summed E-state index contributed by atoms with van der Waals surface area (Å²) in [6, 6.07) is 6.35. The fraction of sp³-hybridized carbons (Fsp3) is 0.579. The van der Waals surface area contributed by atoms with Crippen molar-refractivity contribution in [1.29, 1.82) is 0 Å². The molecule has 2 aliphatic rings. The molecule has 5 nitrogen and oxygen atoms in total. The Balaban J connectivity index is 1.44. The van der Waals surface area contributed by atoms with Gasteiger partial charge in [0.15, 0.2) is 0 Å². The van der Waals surface area contributed by atoms with Crippen molar-refractivity contribution in [3.05, 3.63) is 30.0 Å². The summed E-state index contributed by atoms with van der Waals surface area (Å²) in [4.78, 5) is 2.22. The van der Waals surface area contributed by atoms with E-state index in [0.717, 1.165) is 56.0 Å². The second kappa shape index (κ2) is 7.12. The fourth-order valence-corrected chi connectivity index (χ4v) is 3.68. The topological polar surface area (TPSA) is 43.2 Å². The highest BCUT2D eigenvalue weighted by Crippen LogP contribution is 2.30. The minimum absolute atomic E-state index is 0.196. The number of alkyl halides is 1. The number of aromatic nitrogens is 3. The Morgan fingerprint density at radius 2 is 2.16 bits per heavy atom. The van der Waals surface area contributed by atoms with Crippen LogP contribution in [-0.4, -0.2) is 47.5 Å². The van der Waals surface area contributed by atoms with Crippen LogP contribution in [0.15, 0.2) is 24.4 Å². The third-order valence-electron chi connectivity index (χ3n) is 5.23. The second-order valence-electron chi connectivity index (χ2n) is 7.24. The summed E-state index contributed by atoms with van der Waals surface area (Å²) in [5.41, 5.74) is 4.32. The molecule has 25 heavy (non-hydrogen) atoms. The lowest BCUT2D eigenvalue weighted by atomic mass is 9.99. The smallest absolute Gasteiger partial charge is 0.113 e. The third-order valence-corrected chi connectivity index (χ3v) is 5.23. The normalized spacial score (nSPS) is 21.4. The van der Waals surface area contributed by atoms with E-state index in [0.29, 0.717) is 0 Å². The van der Waals surface area contributed by atoms with Gasteiger partial charge in [-0.1, -0.05) is 11.3 Å². The van der Waals surface area contributed by atoms with Gasteiger partial charge in [0.25, 0.3) is 0 Å². The highest BCUT2D eigenvalue weighted by molar-refractivity contribution is 5.67. The Hall–Kier alpha value is -1.95. The molecular formula is C19H25FN4O. The van der Waals surface area contributed by atoms with Crippen molar-refractivity contribution < 1.29 is 9.13 Å². The molecule has 1 unspecified atom stereocenters. The number of rotatable bonds is 5. The van der Waals surface area contributed by atoms with Gasteiger partial charge in [0.2, 0.25) is 0 Å². The van der Waals surface area contributed by atoms with E-state index in [4.69, 9.17) is 4.74 Å². The van der Waals surface area contributed by atoms with Crippen molar-refractivity contribution in [3.8, 4) is 11.3 Å². The maximum Gasteiger partial charge on any atom is 0.113 e. The standard InChI is InChI=1S/C19H25FN4O/c1-14-8-16(23-10-15(9-20)11-23)5-6-18(14)19-13-24(22-21-19)12-17-4-2-3-7-25-17/h5-6,8,13,15,17H,2-4,7,9-12H2,1H3. The maximum absolute atomic E-state index is 12.6. The molecule has 2 aliphatic heterocycles. The van der Waals surface area contributed by atoms with Gasteiger partial charge in [0.05, 0.1) is 25.5 Å². The Labute approximate surface area is 147 Å². The molecule has 4 rings (SSSR count). The van der Waals surface area contributed by atoms with Crippen LogP contribution >= 0.6 is 0 Å². The molecule has 0 saturated carbocycles. The molecule has 1 aromatic heterocycles. The van der Waals surface area contributed by atoms with E-state index < -0.39 is 0 Å². The van der Waals surface area contributed by atoms with Crippen molar-refractivity contribution in [2.45, 2.75) is 38.8 Å². The van der Waals surface area contributed by atoms with Crippen molar-refractivity contribution in [1.82, 2.24) is 15.0 Å². The number of nitrogens with zero attached hydrogens (tertiary/aromatic N) is 4. The zero-order valence-electron chi connectivity index (χ0n) is 14.7. The number of hydrogen-bond donors (Lipinski definition) is 0. The van der Waals surface area contributed by atoms with Crippen LogP contribution in [0.1, 0.15) is 24.8 Å². The molecule has 2 saturated heterocycles. The SMILES string of the molecule is Cc1cc(N2CC(CF)C2)ccc1-c1cn(CC2CCCCO2)nn1. The molecule has 0 aliphatic carbocycles. The molecule has 1 aromatic carbocycles. The Kier molecular flexibility index (Phi) is 4.70. The average Bonchev–Trinajstić information content (AvgIpc) is 3.03. The molecule has 0 spiro atoms. The van der Waals surface area contributed by atoms with Crippen molar-refractivity contribution in [3.63, 3.8) is 0 Å². The van der Waals surface area contributed by atoms with Gasteiger partial charge in [-0.3, -0.25) is 4.39 Å². The van der Waals surface area contributed by atoms with Crippen LogP contribution in [0.4, 0.5) is 10.1 Å². The lowest BCUT2D eigenvalue weighted by Gasteiger charge is -2.40. The van der Waals surface area contributed by atoms with Gasteiger partial charge in [0, 0.05) is 36.9 Å². The predicted molar refractivity (Wildman–Crippen MR) is 95.5 cm³/mol. The summed E-state index contributed by atoms with van der Waals surface area (Å²) in [6.45, 7) is 5.12. The van der Waals surface area contributed by atoms with Gasteiger partial charge < -0.3 is 9.64 Å². The molecule has 134 valence electrons. The molecular weight excluding hydrogens is 319 g/mol. The molecule has 1 atom stereocenters. The lowest BCUT2D eigenvalue weighted by molar-refractivity contribution is 0.00370. The quantitative estimate of drug-likeness (QED) is 0.835. The number of aryl methyl sites for hydroxylation is 1. The van der Waals surface area contributed by atoms with E-state index in [2.05, 4.69) is 40.3 Å². The Bertz CT molecular complexity index is 720. The van der Waals surface area contributed by atoms with Gasteiger partial charge in [-0.15, -0.1) is 5.10 Å². The first-order chi connectivity index (χ1) is 12.2. The summed E-state index contributed by atoms with van der Waals surface area (Å²) >= 11 is 0. The van der Waals surface area contributed by atoms with Gasteiger partial charge in [-0.25, -0.2) is 4.68 Å². The fourth-order valence-electron chi connectivity index (χ4n) is 3.68. The monoisotopic (exact) mass is 344 g/mol. The highest BCUT2D eigenvalue weighted by atomic mass is 19.1. The van der Waals surface area contributed by atoms with Gasteiger partial charge in [-0.05, 0) is 43.9 Å². The number of hydrogen-bond acceptors (Lipinski definition) is 4. The predicted octanol–water partition coefficient (Wildman–Crippen LogP) is 3.23. The van der Waals surface area contributed by atoms with E-state index in [1.54, 1.807) is 0 Å². The Morgan fingerprint density at radius 3 is 2.88 bits per heavy atom. The summed E-state index contributed by atoms with van der Waals surface area (Å²) in [5, 5.41) is 8.61. The molecule has 0 amide bonds. The van der Waals surface area contributed by atoms with Crippen molar-refractivity contribution >= 4 is 5.69 Å². The zero-order valence-corrected chi connectivity index (χ0v) is 14.7. The van der Waals surface area contributed by atoms with E-state index in [9.17, 15) is 4.39 Å². The largest absolute Gasteiger partial charge is 0.376 e. The van der Waals surface area contributed by atoms with Gasteiger partial charge >= 0.3 is 0 Å². The molecule has 3 heterocycles. The number of benzene rings is 1. The summed E-state index contributed by atoms with van der Waals surface area (Å²) in [7, 11) is 0. The molecule has 0 radical (unpaired) electrons. The van der Waals surface area contributed by atoms with Crippen LogP contribution in [0.2, 0.25) is 0 Å². The van der Waals surface area contributed by atoms with Crippen molar-refractivity contribution in [2.24, 2.45) is 5.92 Å². The van der Waals surface area contributed by atoms with Crippen LogP contribution in [0.25, 0.3) is 11.3 Å². The van der Waals surface area contributed by atoms with Crippen LogP contribution in [-0.2, 0) is 11.3 Å². The van der Waals surface area contributed by atoms with E-state index in [1.807, 2.05) is 10.9 Å². The lowest BCUT2D eigenvalue weighted by Crippen LogP contribution is -2.47. The van der Waals surface area contributed by atoms with Crippen molar-refractivity contribution in [2.75, 3.05) is 31.3 Å². The average molecular weight is 344 g/mol. The van der Waals surface area contributed by atoms with Gasteiger partial charge in [0.1, 0.15) is 5.69 Å².